The molecule has 1 aromatic heterocycles. The minimum absolute atomic E-state index is 0.903. The second-order valence-electron chi connectivity index (χ2n) is 4.06. The molecule has 1 aliphatic heterocycles. The Kier molecular flexibility index (Phi) is 2.42. The highest BCUT2D eigenvalue weighted by molar-refractivity contribution is 7.13. The first kappa shape index (κ1) is 9.87. The average Bonchev–Trinajstić information content (AvgIpc) is 2.83. The summed E-state index contributed by atoms with van der Waals surface area (Å²) in [6.07, 6.45) is 1.08. The van der Waals surface area contributed by atoms with Gasteiger partial charge in [0.15, 0.2) is 0 Å². The molecular weight excluding hydrogens is 216 g/mol. The van der Waals surface area contributed by atoms with Crippen LogP contribution in [0, 0.1) is 0 Å². The van der Waals surface area contributed by atoms with E-state index in [-0.39, 0.29) is 0 Å². The minimum Gasteiger partial charge on any atom is -0.398 e. The summed E-state index contributed by atoms with van der Waals surface area (Å²) in [5.74, 6) is 0. The van der Waals surface area contributed by atoms with Crippen molar-refractivity contribution in [2.24, 2.45) is 0 Å². The highest BCUT2D eigenvalue weighted by atomic mass is 32.1. The molecule has 2 nitrogen and oxygen atoms in total. The highest BCUT2D eigenvalue weighted by Crippen LogP contribution is 2.33. The molecular formula is C13H14N2S. The van der Waals surface area contributed by atoms with Crippen molar-refractivity contribution in [3.05, 3.63) is 40.8 Å². The minimum atomic E-state index is 0.903. The Labute approximate surface area is 99.1 Å². The molecule has 0 aliphatic carbocycles. The van der Waals surface area contributed by atoms with Crippen LogP contribution >= 0.6 is 11.3 Å². The van der Waals surface area contributed by atoms with Crippen LogP contribution in [-0.2, 0) is 13.0 Å². The number of hydrogen-bond donors (Lipinski definition) is 2. The predicted molar refractivity (Wildman–Crippen MR) is 69.6 cm³/mol. The Bertz CT molecular complexity index is 503. The van der Waals surface area contributed by atoms with Crippen LogP contribution in [0.4, 0.5) is 5.69 Å². The van der Waals surface area contributed by atoms with Crippen LogP contribution < -0.4 is 11.1 Å². The number of benzene rings is 1. The fourth-order valence-corrected chi connectivity index (χ4v) is 3.07. The fraction of sp³-hybridized carbons (Fsp3) is 0.231. The fourth-order valence-electron chi connectivity index (χ4n) is 2.29. The molecule has 0 fully saturated rings. The van der Waals surface area contributed by atoms with Crippen LogP contribution in [0.1, 0.15) is 11.1 Å². The van der Waals surface area contributed by atoms with Crippen molar-refractivity contribution >= 4 is 17.0 Å². The van der Waals surface area contributed by atoms with Gasteiger partial charge in [0.25, 0.3) is 0 Å². The maximum absolute atomic E-state index is 6.03. The molecule has 2 heterocycles. The summed E-state index contributed by atoms with van der Waals surface area (Å²) in [4.78, 5) is 1.35. The first-order valence-electron chi connectivity index (χ1n) is 5.51. The van der Waals surface area contributed by atoms with Gasteiger partial charge >= 0.3 is 0 Å². The summed E-state index contributed by atoms with van der Waals surface area (Å²) in [6.45, 7) is 1.95. The van der Waals surface area contributed by atoms with Crippen molar-refractivity contribution < 1.29 is 0 Å². The maximum atomic E-state index is 6.03. The Hall–Kier alpha value is -1.32. The number of nitrogens with two attached hydrogens (primary N) is 1. The zero-order valence-electron chi connectivity index (χ0n) is 8.99. The Morgan fingerprint density at radius 3 is 2.94 bits per heavy atom. The van der Waals surface area contributed by atoms with Gasteiger partial charge in [0.05, 0.1) is 0 Å². The molecule has 0 spiro atoms. The number of rotatable bonds is 1. The van der Waals surface area contributed by atoms with Gasteiger partial charge in [0.1, 0.15) is 0 Å². The summed E-state index contributed by atoms with van der Waals surface area (Å²) >= 11 is 1.79. The van der Waals surface area contributed by atoms with Crippen LogP contribution in [0.5, 0.6) is 0 Å². The maximum Gasteiger partial charge on any atom is 0.0362 e. The molecule has 0 radical (unpaired) electrons. The van der Waals surface area contributed by atoms with E-state index in [0.717, 1.165) is 25.2 Å². The van der Waals surface area contributed by atoms with E-state index in [1.165, 1.54) is 21.6 Å². The van der Waals surface area contributed by atoms with E-state index in [1.54, 1.807) is 11.3 Å². The van der Waals surface area contributed by atoms with Crippen LogP contribution in [0.2, 0.25) is 0 Å². The molecule has 2 aromatic rings. The molecule has 0 unspecified atom stereocenters. The number of nitrogens with one attached hydrogen (secondary N) is 1. The molecule has 0 atom stereocenters. The van der Waals surface area contributed by atoms with E-state index >= 15 is 0 Å². The third kappa shape index (κ3) is 1.52. The van der Waals surface area contributed by atoms with Gasteiger partial charge in [-0.25, -0.2) is 0 Å². The zero-order valence-corrected chi connectivity index (χ0v) is 9.81. The molecule has 0 saturated heterocycles. The summed E-state index contributed by atoms with van der Waals surface area (Å²) in [6, 6.07) is 8.47. The molecule has 0 amide bonds. The standard InChI is InChI=1S/C13H14N2S/c14-12-4-3-10(13-2-1-7-16-13)9-5-6-15-8-11(9)12/h1-4,7,15H,5-6,8,14H2. The predicted octanol–water partition coefficient (Wildman–Crippen LogP) is 2.64. The van der Waals surface area contributed by atoms with E-state index in [0.29, 0.717) is 0 Å². The average molecular weight is 230 g/mol. The second-order valence-corrected chi connectivity index (χ2v) is 5.01. The molecule has 16 heavy (non-hydrogen) atoms. The van der Waals surface area contributed by atoms with Crippen LogP contribution in [0.25, 0.3) is 10.4 Å². The third-order valence-corrected chi connectivity index (χ3v) is 4.01. The van der Waals surface area contributed by atoms with Gasteiger partial charge in [-0.3, -0.25) is 0 Å². The van der Waals surface area contributed by atoms with E-state index < -0.39 is 0 Å². The Morgan fingerprint density at radius 1 is 1.19 bits per heavy atom. The third-order valence-electron chi connectivity index (χ3n) is 3.11. The molecule has 1 aliphatic rings. The monoisotopic (exact) mass is 230 g/mol. The van der Waals surface area contributed by atoms with E-state index in [1.807, 2.05) is 6.07 Å². The molecule has 0 saturated carbocycles. The number of nitrogen functional groups attached to an aromatic ring is 1. The van der Waals surface area contributed by atoms with Crippen molar-refractivity contribution in [1.29, 1.82) is 0 Å². The molecule has 3 rings (SSSR count). The summed E-state index contributed by atoms with van der Waals surface area (Å²) in [5, 5.41) is 5.50. The lowest BCUT2D eigenvalue weighted by atomic mass is 9.93. The quantitative estimate of drug-likeness (QED) is 0.739. The lowest BCUT2D eigenvalue weighted by Crippen LogP contribution is -2.25. The molecule has 0 bridgehead atoms. The van der Waals surface area contributed by atoms with Crippen molar-refractivity contribution in [2.75, 3.05) is 12.3 Å². The molecule has 3 N–H and O–H groups in total. The Morgan fingerprint density at radius 2 is 2.12 bits per heavy atom. The highest BCUT2D eigenvalue weighted by Gasteiger charge is 2.16. The van der Waals surface area contributed by atoms with E-state index in [2.05, 4.69) is 28.9 Å². The first-order chi connectivity index (χ1) is 7.86. The van der Waals surface area contributed by atoms with Crippen molar-refractivity contribution in [3.63, 3.8) is 0 Å². The van der Waals surface area contributed by atoms with E-state index in [9.17, 15) is 0 Å². The number of anilines is 1. The van der Waals surface area contributed by atoms with Gasteiger partial charge in [-0.1, -0.05) is 12.1 Å². The molecule has 1 aromatic carbocycles. The SMILES string of the molecule is Nc1ccc(-c2cccs2)c2c1CNCC2. The molecule has 3 heteroatoms. The summed E-state index contributed by atoms with van der Waals surface area (Å²) in [5.41, 5.74) is 11.0. The van der Waals surface area contributed by atoms with Gasteiger partial charge in [-0.05, 0) is 47.2 Å². The normalized spacial score (nSPS) is 14.8. The van der Waals surface area contributed by atoms with E-state index in [4.69, 9.17) is 5.73 Å². The number of hydrogen-bond acceptors (Lipinski definition) is 3. The lowest BCUT2D eigenvalue weighted by molar-refractivity contribution is 0.646. The van der Waals surface area contributed by atoms with Crippen molar-refractivity contribution in [1.82, 2.24) is 5.32 Å². The summed E-state index contributed by atoms with van der Waals surface area (Å²) in [7, 11) is 0. The van der Waals surface area contributed by atoms with Gasteiger partial charge in [0.2, 0.25) is 0 Å². The zero-order chi connectivity index (χ0) is 11.0. The van der Waals surface area contributed by atoms with Gasteiger partial charge in [0, 0.05) is 17.1 Å². The lowest BCUT2D eigenvalue weighted by Gasteiger charge is -2.21. The largest absolute Gasteiger partial charge is 0.398 e. The van der Waals surface area contributed by atoms with Gasteiger partial charge < -0.3 is 11.1 Å². The smallest absolute Gasteiger partial charge is 0.0362 e. The summed E-state index contributed by atoms with van der Waals surface area (Å²) < 4.78 is 0. The van der Waals surface area contributed by atoms with Gasteiger partial charge in [-0.15, -0.1) is 11.3 Å². The van der Waals surface area contributed by atoms with Crippen LogP contribution in [0.3, 0.4) is 0 Å². The number of fused-ring (bicyclic) bond motifs is 1. The van der Waals surface area contributed by atoms with Gasteiger partial charge in [-0.2, -0.15) is 0 Å². The number of thiophene rings is 1. The topological polar surface area (TPSA) is 38.0 Å². The van der Waals surface area contributed by atoms with Crippen molar-refractivity contribution in [3.8, 4) is 10.4 Å². The van der Waals surface area contributed by atoms with Crippen molar-refractivity contribution in [2.45, 2.75) is 13.0 Å². The second kappa shape index (κ2) is 3.92. The van der Waals surface area contributed by atoms with Crippen LogP contribution in [0.15, 0.2) is 29.6 Å². The van der Waals surface area contributed by atoms with Crippen LogP contribution in [-0.4, -0.2) is 6.54 Å². The first-order valence-corrected chi connectivity index (χ1v) is 6.39. The Balaban J connectivity index is 2.19. The molecule has 82 valence electrons.